The topological polar surface area (TPSA) is 190 Å². The molecule has 16 heteroatoms. The lowest BCUT2D eigenvalue weighted by molar-refractivity contribution is -0.384. The van der Waals surface area contributed by atoms with E-state index in [1.165, 1.54) is 24.0 Å². The fourth-order valence-corrected chi connectivity index (χ4v) is 6.85. The molecule has 0 saturated carbocycles. The highest BCUT2D eigenvalue weighted by Gasteiger charge is 2.10. The van der Waals surface area contributed by atoms with E-state index in [0.29, 0.717) is 11.7 Å². The number of aromatic nitrogens is 3. The number of thiophene rings is 1. The molecule has 14 nitrogen and oxygen atoms in total. The number of amidine groups is 1. The number of rotatable bonds is 15. The van der Waals surface area contributed by atoms with E-state index in [-0.39, 0.29) is 21.2 Å². The molecule has 7 aromatic rings. The summed E-state index contributed by atoms with van der Waals surface area (Å²) in [6.07, 6.45) is 9.00. The van der Waals surface area contributed by atoms with E-state index in [0.717, 1.165) is 84.4 Å². The molecule has 0 aliphatic heterocycles. The number of fused-ring (bicyclic) bond motifs is 3. The molecule has 0 aliphatic carbocycles. The van der Waals surface area contributed by atoms with Crippen molar-refractivity contribution in [2.24, 2.45) is 16.5 Å². The summed E-state index contributed by atoms with van der Waals surface area (Å²) in [6, 6.07) is 26.1. The summed E-state index contributed by atoms with van der Waals surface area (Å²) in [4.78, 5) is 26.2. The molecule has 0 aliphatic rings. The Hall–Kier alpha value is -5.58. The van der Waals surface area contributed by atoms with Crippen molar-refractivity contribution >= 4 is 78.5 Å². The summed E-state index contributed by atoms with van der Waals surface area (Å²) in [7, 11) is 5.40. The van der Waals surface area contributed by atoms with Gasteiger partial charge >= 0.3 is 0 Å². The van der Waals surface area contributed by atoms with Gasteiger partial charge in [0.2, 0.25) is 0 Å². The molecule has 4 aromatic heterocycles. The Morgan fingerprint density at radius 1 is 0.702 bits per heavy atom. The Labute approximate surface area is 341 Å². The highest BCUT2D eigenvalue weighted by molar-refractivity contribution is 7.12. The molecule has 7 rings (SSSR count). The molecule has 6 N–H and O–H groups in total. The Kier molecular flexibility index (Phi) is 17.7. The first kappa shape index (κ1) is 44.1. The second-order valence-electron chi connectivity index (χ2n) is 12.7. The van der Waals surface area contributed by atoms with Crippen LogP contribution in [0.15, 0.2) is 114 Å². The van der Waals surface area contributed by atoms with Crippen LogP contribution in [0.5, 0.6) is 0 Å². The molecule has 4 heterocycles. The lowest BCUT2D eigenvalue weighted by atomic mass is 10.2. The average Bonchev–Trinajstić information content (AvgIpc) is 4.06. The maximum atomic E-state index is 10.7. The van der Waals surface area contributed by atoms with E-state index in [2.05, 4.69) is 54.9 Å². The van der Waals surface area contributed by atoms with Gasteiger partial charge in [0.05, 0.1) is 37.0 Å². The third-order valence-corrected chi connectivity index (χ3v) is 10.1. The highest BCUT2D eigenvalue weighted by atomic mass is 35.5. The predicted octanol–water partition coefficient (Wildman–Crippen LogP) is 8.26. The maximum absolute atomic E-state index is 10.7. The number of nitrogens with two attached hydrogens (primary N) is 2. The van der Waals surface area contributed by atoms with Crippen molar-refractivity contribution in [3.05, 3.63) is 134 Å². The average molecular weight is 815 g/mol. The second-order valence-corrected chi connectivity index (χ2v) is 14.0. The third kappa shape index (κ3) is 12.5. The van der Waals surface area contributed by atoms with Crippen LogP contribution in [0.25, 0.3) is 32.7 Å². The molecule has 0 bridgehead atoms. The number of nitro benzene ring substituents is 2. The molecule has 0 saturated heterocycles. The second kappa shape index (κ2) is 22.8. The number of nitro groups is 2. The predicted molar refractivity (Wildman–Crippen MR) is 236 cm³/mol. The zero-order valence-corrected chi connectivity index (χ0v) is 34.1. The Morgan fingerprint density at radius 3 is 1.58 bits per heavy atom. The van der Waals surface area contributed by atoms with Crippen molar-refractivity contribution in [3.8, 4) is 0 Å². The number of halogens is 1. The summed E-state index contributed by atoms with van der Waals surface area (Å²) in [6.45, 7) is 4.61. The molecular formula is C41H51ClN10O4S. The van der Waals surface area contributed by atoms with Gasteiger partial charge in [0.25, 0.3) is 11.4 Å². The first-order chi connectivity index (χ1) is 27.7. The van der Waals surface area contributed by atoms with Crippen LogP contribution in [0.1, 0.15) is 24.1 Å². The number of non-ortho nitro benzene ring substituents is 2. The summed E-state index contributed by atoms with van der Waals surface area (Å²) in [5.41, 5.74) is 14.8. The SMILES string of the molecule is CN.CNCCCn1ccc2ccc(N=C(N)c3cccs3)cc21.CNCCCn1ccc2ccc([N+](=O)[O-])cc21.O=[N+]([O-])c1ccc2ccn(CCCCl)c2c1. The minimum atomic E-state index is -0.377. The first-order valence-electron chi connectivity index (χ1n) is 18.6. The normalized spacial score (nSPS) is 11.1. The summed E-state index contributed by atoms with van der Waals surface area (Å²) in [5, 5.41) is 33.0. The van der Waals surface area contributed by atoms with Gasteiger partial charge in [-0.25, -0.2) is 4.99 Å². The van der Waals surface area contributed by atoms with E-state index in [9.17, 15) is 20.2 Å². The van der Waals surface area contributed by atoms with Crippen LogP contribution in [0.2, 0.25) is 0 Å². The van der Waals surface area contributed by atoms with Crippen LogP contribution < -0.4 is 22.1 Å². The first-order valence-corrected chi connectivity index (χ1v) is 20.0. The number of hydrogen-bond acceptors (Lipinski definition) is 9. The summed E-state index contributed by atoms with van der Waals surface area (Å²) in [5.74, 6) is 1.16. The monoisotopic (exact) mass is 814 g/mol. The van der Waals surface area contributed by atoms with Gasteiger partial charge in [0.1, 0.15) is 5.84 Å². The lowest BCUT2D eigenvalue weighted by Gasteiger charge is -2.06. The number of nitrogens with one attached hydrogen (secondary N) is 2. The number of alkyl halides is 1. The Balaban J connectivity index is 0.000000188. The minimum absolute atomic E-state index is 0.123. The van der Waals surface area contributed by atoms with Gasteiger partial charge in [-0.1, -0.05) is 12.1 Å². The van der Waals surface area contributed by atoms with Gasteiger partial charge in [-0.05, 0) is 113 Å². The van der Waals surface area contributed by atoms with Crippen molar-refractivity contribution in [2.45, 2.75) is 38.9 Å². The standard InChI is InChI=1S/C17H20N4S.C12H15N3O2.C11H11ClN2O2.CH5N/c1-19-8-3-9-21-10-7-13-5-6-14(12-15(13)21)20-17(18)16-4-2-11-22-16;1-13-6-2-7-14-8-5-10-3-4-11(15(16)17)9-12(10)14;12-5-1-6-13-7-4-9-2-3-10(14(15)16)8-11(9)13;1-2/h2,4-7,10-12,19H,3,8-9H2,1H3,(H2,18,20);3-5,8-9,13H,2,6-7H2,1H3;2-4,7-8H,1,5-6H2;2H2,1H3. The van der Waals surface area contributed by atoms with E-state index >= 15 is 0 Å². The number of nitrogens with zero attached hydrogens (tertiary/aromatic N) is 6. The van der Waals surface area contributed by atoms with Gasteiger partial charge in [0, 0.05) is 79.1 Å². The fraction of sp³-hybridized carbons (Fsp3) is 0.293. The van der Waals surface area contributed by atoms with E-state index in [4.69, 9.17) is 17.3 Å². The molecule has 0 atom stereocenters. The smallest absolute Gasteiger partial charge is 0.271 e. The molecule has 302 valence electrons. The van der Waals surface area contributed by atoms with Crippen molar-refractivity contribution in [3.63, 3.8) is 0 Å². The largest absolute Gasteiger partial charge is 0.383 e. The number of hydrogen-bond donors (Lipinski definition) is 4. The van der Waals surface area contributed by atoms with Crippen molar-refractivity contribution in [2.75, 3.05) is 40.1 Å². The zero-order chi connectivity index (χ0) is 41.2. The van der Waals surface area contributed by atoms with Crippen LogP contribution in [0.4, 0.5) is 17.1 Å². The molecule has 57 heavy (non-hydrogen) atoms. The molecular weight excluding hydrogens is 764 g/mol. The maximum Gasteiger partial charge on any atom is 0.271 e. The number of aliphatic imine (C=N–C) groups is 1. The molecule has 0 amide bonds. The molecule has 0 unspecified atom stereocenters. The molecule has 0 fully saturated rings. The fourth-order valence-electron chi connectivity index (χ4n) is 6.10. The summed E-state index contributed by atoms with van der Waals surface area (Å²) >= 11 is 7.23. The van der Waals surface area contributed by atoms with Gasteiger partial charge in [-0.3, -0.25) is 20.2 Å². The number of aryl methyl sites for hydroxylation is 3. The van der Waals surface area contributed by atoms with Crippen LogP contribution in [-0.2, 0) is 19.6 Å². The number of benzene rings is 3. The third-order valence-electron chi connectivity index (χ3n) is 8.90. The van der Waals surface area contributed by atoms with Gasteiger partial charge in [-0.2, -0.15) is 0 Å². The molecule has 0 radical (unpaired) electrons. The van der Waals surface area contributed by atoms with Crippen molar-refractivity contribution < 1.29 is 9.85 Å². The van der Waals surface area contributed by atoms with E-state index < -0.39 is 0 Å². The lowest BCUT2D eigenvalue weighted by Crippen LogP contribution is -2.11. The van der Waals surface area contributed by atoms with Crippen LogP contribution in [-0.4, -0.2) is 69.5 Å². The quantitative estimate of drug-likeness (QED) is 0.0199. The van der Waals surface area contributed by atoms with Gasteiger partial charge in [-0.15, -0.1) is 22.9 Å². The molecule has 0 spiro atoms. The van der Waals surface area contributed by atoms with E-state index in [1.54, 1.807) is 41.7 Å². The van der Waals surface area contributed by atoms with Crippen LogP contribution >= 0.6 is 22.9 Å². The highest BCUT2D eigenvalue weighted by Crippen LogP contribution is 2.25. The van der Waals surface area contributed by atoms with Crippen molar-refractivity contribution in [1.29, 1.82) is 0 Å². The Morgan fingerprint density at radius 2 is 1.16 bits per heavy atom. The van der Waals surface area contributed by atoms with E-state index in [1.807, 2.05) is 66.8 Å². The van der Waals surface area contributed by atoms with Crippen molar-refractivity contribution in [1.82, 2.24) is 24.3 Å². The van der Waals surface area contributed by atoms with Crippen LogP contribution in [0.3, 0.4) is 0 Å². The van der Waals surface area contributed by atoms with Crippen LogP contribution in [0, 0.1) is 20.2 Å². The molecule has 3 aromatic carbocycles. The van der Waals surface area contributed by atoms with Gasteiger partial charge < -0.3 is 35.8 Å². The minimum Gasteiger partial charge on any atom is -0.383 e. The zero-order valence-electron chi connectivity index (χ0n) is 32.5. The van der Waals surface area contributed by atoms with Gasteiger partial charge in [0.15, 0.2) is 0 Å². The Bertz CT molecular complexity index is 2350. The summed E-state index contributed by atoms with van der Waals surface area (Å²) < 4.78 is 6.32.